The average Bonchev–Trinajstić information content (AvgIpc) is 3.26. The van der Waals surface area contributed by atoms with E-state index in [0.29, 0.717) is 19.2 Å². The molecule has 3 aliphatic rings. The van der Waals surface area contributed by atoms with Crippen molar-refractivity contribution in [1.82, 2.24) is 19.7 Å². The fraction of sp³-hybridized carbons (Fsp3) is 0.571. The van der Waals surface area contributed by atoms with Crippen molar-refractivity contribution in [2.24, 2.45) is 17.8 Å². The Labute approximate surface area is 189 Å². The highest BCUT2D eigenvalue weighted by atomic mass is 19.4. The van der Waals surface area contributed by atoms with Crippen LogP contribution in [0.5, 0.6) is 0 Å². The molecule has 1 amide bonds. The van der Waals surface area contributed by atoms with Gasteiger partial charge in [-0.25, -0.2) is 22.6 Å². The van der Waals surface area contributed by atoms with Crippen molar-refractivity contribution in [3.8, 4) is 0 Å². The summed E-state index contributed by atoms with van der Waals surface area (Å²) in [4.78, 5) is 17.0. The second-order valence-corrected chi connectivity index (χ2v) is 9.22. The molecule has 34 heavy (non-hydrogen) atoms. The Morgan fingerprint density at radius 3 is 2.35 bits per heavy atom. The summed E-state index contributed by atoms with van der Waals surface area (Å²) >= 11 is 0. The number of halogens is 6. The highest BCUT2D eigenvalue weighted by Crippen LogP contribution is 2.44. The molecule has 1 aromatic carbocycles. The lowest BCUT2D eigenvalue weighted by atomic mass is 9.84. The van der Waals surface area contributed by atoms with Gasteiger partial charge in [0.05, 0.1) is 12.5 Å². The van der Waals surface area contributed by atoms with Gasteiger partial charge >= 0.3 is 12.3 Å². The minimum Gasteiger partial charge on any atom is -0.465 e. The molecular weight excluding hydrogens is 468 g/mol. The smallest absolute Gasteiger partial charge is 0.407 e. The van der Waals surface area contributed by atoms with Gasteiger partial charge in [0.2, 0.25) is 5.95 Å². The number of nitrogens with one attached hydrogen (secondary N) is 1. The Balaban J connectivity index is 1.46. The van der Waals surface area contributed by atoms with E-state index in [1.54, 1.807) is 0 Å². The third-order valence-electron chi connectivity index (χ3n) is 7.23. The Morgan fingerprint density at radius 2 is 1.74 bits per heavy atom. The third-order valence-corrected chi connectivity index (χ3v) is 7.23. The molecule has 1 aliphatic carbocycles. The van der Waals surface area contributed by atoms with Crippen LogP contribution in [0.4, 0.5) is 37.1 Å². The molecule has 0 spiro atoms. The van der Waals surface area contributed by atoms with E-state index in [-0.39, 0.29) is 29.7 Å². The normalized spacial score (nSPS) is 28.6. The van der Waals surface area contributed by atoms with Gasteiger partial charge in [-0.05, 0) is 37.2 Å². The van der Waals surface area contributed by atoms with Crippen molar-refractivity contribution in [2.75, 3.05) is 18.4 Å². The van der Waals surface area contributed by atoms with E-state index in [2.05, 4.69) is 15.4 Å². The summed E-state index contributed by atoms with van der Waals surface area (Å²) in [5.74, 6) is -7.80. The number of benzene rings is 1. The molecule has 2 aliphatic heterocycles. The molecular formula is C21H21F6N5O2. The molecule has 2 aromatic rings. The number of hydrogen-bond acceptors (Lipinski definition) is 4. The van der Waals surface area contributed by atoms with Crippen LogP contribution in [-0.4, -0.2) is 56.2 Å². The van der Waals surface area contributed by atoms with Crippen molar-refractivity contribution in [1.29, 1.82) is 0 Å². The van der Waals surface area contributed by atoms with Crippen LogP contribution in [0.3, 0.4) is 0 Å². The molecule has 4 unspecified atom stereocenters. The molecule has 3 heterocycles. The molecule has 4 atom stereocenters. The number of fused-ring (bicyclic) bond motifs is 3. The molecule has 5 rings (SSSR count). The quantitative estimate of drug-likeness (QED) is 0.499. The number of anilines is 1. The maximum atomic E-state index is 14.5. The second kappa shape index (κ2) is 8.05. The van der Waals surface area contributed by atoms with Crippen molar-refractivity contribution in [2.45, 2.75) is 43.9 Å². The van der Waals surface area contributed by atoms with E-state index < -0.39 is 60.1 Å². The van der Waals surface area contributed by atoms with Gasteiger partial charge in [-0.3, -0.25) is 0 Å². The van der Waals surface area contributed by atoms with E-state index in [0.717, 1.165) is 23.6 Å². The number of carbonyl (C=O) groups is 1. The largest absolute Gasteiger partial charge is 0.465 e. The van der Waals surface area contributed by atoms with E-state index in [4.69, 9.17) is 0 Å². The molecule has 7 nitrogen and oxygen atoms in total. The van der Waals surface area contributed by atoms with Crippen molar-refractivity contribution in [3.05, 3.63) is 41.0 Å². The van der Waals surface area contributed by atoms with E-state index in [1.165, 1.54) is 4.90 Å². The summed E-state index contributed by atoms with van der Waals surface area (Å²) in [5, 5.41) is 16.6. The molecule has 1 saturated carbocycles. The number of amides is 1. The number of carboxylic acid groups (broad SMARTS) is 1. The molecule has 2 bridgehead atoms. The van der Waals surface area contributed by atoms with Crippen molar-refractivity contribution >= 4 is 12.0 Å². The van der Waals surface area contributed by atoms with Gasteiger partial charge in [-0.15, -0.1) is 5.10 Å². The first-order valence-corrected chi connectivity index (χ1v) is 10.9. The highest BCUT2D eigenvalue weighted by molar-refractivity contribution is 5.65. The molecule has 2 fully saturated rings. The summed E-state index contributed by atoms with van der Waals surface area (Å²) in [7, 11) is 0. The van der Waals surface area contributed by atoms with Gasteiger partial charge < -0.3 is 15.3 Å². The van der Waals surface area contributed by atoms with Crippen LogP contribution >= 0.6 is 0 Å². The fourth-order valence-electron chi connectivity index (χ4n) is 5.56. The number of nitrogens with zero attached hydrogens (tertiary/aromatic N) is 4. The van der Waals surface area contributed by atoms with Crippen LogP contribution in [0, 0.1) is 35.2 Å². The zero-order valence-electron chi connectivity index (χ0n) is 17.7. The van der Waals surface area contributed by atoms with Crippen LogP contribution in [0.1, 0.15) is 36.6 Å². The third kappa shape index (κ3) is 3.84. The van der Waals surface area contributed by atoms with Gasteiger partial charge in [0.1, 0.15) is 5.82 Å². The highest BCUT2D eigenvalue weighted by Gasteiger charge is 2.47. The average molecular weight is 489 g/mol. The summed E-state index contributed by atoms with van der Waals surface area (Å²) in [6.07, 6.45) is -4.60. The van der Waals surface area contributed by atoms with Gasteiger partial charge in [0, 0.05) is 30.6 Å². The predicted octanol–water partition coefficient (Wildman–Crippen LogP) is 4.21. The Morgan fingerprint density at radius 1 is 1.06 bits per heavy atom. The first-order chi connectivity index (χ1) is 16.0. The van der Waals surface area contributed by atoms with E-state index in [9.17, 15) is 36.2 Å². The number of piperidine rings is 1. The minimum atomic E-state index is -4.60. The molecule has 13 heteroatoms. The minimum absolute atomic E-state index is 0.00209. The summed E-state index contributed by atoms with van der Waals surface area (Å²) in [6.45, 7) is 0.130. The van der Waals surface area contributed by atoms with Crippen LogP contribution in [-0.2, 0) is 6.54 Å². The standard InChI is InChI=1S/C21H21F6N5O2/c22-14-4-3-12(15(23)16(14)24)13-5-11(21(25,26)27)8-32-18(13)29-19(30-32)28-17-9-1-2-10(17)7-31(6-9)20(33)34/h3-4,9-11,13,17H,1-2,5-8H2,(H,28,30)(H,33,34). The Hall–Kier alpha value is -2.99. The summed E-state index contributed by atoms with van der Waals surface area (Å²) < 4.78 is 83.7. The monoisotopic (exact) mass is 489 g/mol. The molecule has 1 saturated heterocycles. The maximum absolute atomic E-state index is 14.5. The maximum Gasteiger partial charge on any atom is 0.407 e. The van der Waals surface area contributed by atoms with Crippen molar-refractivity contribution in [3.63, 3.8) is 0 Å². The number of likely N-dealkylation sites (tertiary alicyclic amines) is 1. The first-order valence-electron chi connectivity index (χ1n) is 10.9. The van der Waals surface area contributed by atoms with Crippen LogP contribution in [0.25, 0.3) is 0 Å². The van der Waals surface area contributed by atoms with Gasteiger partial charge in [0.15, 0.2) is 17.5 Å². The molecule has 184 valence electrons. The first kappa shape index (κ1) is 22.8. The number of aromatic nitrogens is 3. The molecule has 2 N–H and O–H groups in total. The lowest BCUT2D eigenvalue weighted by Gasteiger charge is -2.36. The van der Waals surface area contributed by atoms with Crippen molar-refractivity contribution < 1.29 is 36.2 Å². The topological polar surface area (TPSA) is 83.3 Å². The predicted molar refractivity (Wildman–Crippen MR) is 106 cm³/mol. The zero-order valence-corrected chi connectivity index (χ0v) is 17.7. The number of hydrogen-bond donors (Lipinski definition) is 2. The van der Waals surface area contributed by atoms with Gasteiger partial charge in [-0.2, -0.15) is 18.2 Å². The second-order valence-electron chi connectivity index (χ2n) is 9.22. The lowest BCUT2D eigenvalue weighted by molar-refractivity contribution is -0.184. The number of rotatable bonds is 3. The van der Waals surface area contributed by atoms with Crippen LogP contribution < -0.4 is 5.32 Å². The van der Waals surface area contributed by atoms with Gasteiger partial charge in [0.25, 0.3) is 0 Å². The van der Waals surface area contributed by atoms with E-state index >= 15 is 0 Å². The van der Waals surface area contributed by atoms with Crippen LogP contribution in [0.2, 0.25) is 0 Å². The molecule has 0 radical (unpaired) electrons. The Bertz CT molecular complexity index is 1110. The molecule has 1 aromatic heterocycles. The fourth-order valence-corrected chi connectivity index (χ4v) is 5.56. The summed E-state index contributed by atoms with van der Waals surface area (Å²) in [5.41, 5.74) is -0.414. The Kier molecular flexibility index (Phi) is 5.40. The number of alkyl halides is 3. The summed E-state index contributed by atoms with van der Waals surface area (Å²) in [6, 6.07) is 1.46. The SMILES string of the molecule is O=C(O)N1CC2CCC(C1)C2Nc1nc2n(n1)CC(C(F)(F)F)CC2c1ccc(F)c(F)c1F. The zero-order chi connectivity index (χ0) is 24.4. The van der Waals surface area contributed by atoms with Gasteiger partial charge in [-0.1, -0.05) is 6.07 Å². The lowest BCUT2D eigenvalue weighted by Crippen LogP contribution is -2.49. The van der Waals surface area contributed by atoms with Crippen LogP contribution in [0.15, 0.2) is 12.1 Å². The van der Waals surface area contributed by atoms with E-state index in [1.807, 2.05) is 0 Å².